The molecule has 9 nitrogen and oxygen atoms in total. The molecule has 4 aromatic rings. The molecule has 11 heteroatoms. The van der Waals surface area contributed by atoms with E-state index in [1.54, 1.807) is 79.7 Å². The first kappa shape index (κ1) is 31.2. The Morgan fingerprint density at radius 2 is 1.38 bits per heavy atom. The van der Waals surface area contributed by atoms with Crippen LogP contribution in [0.3, 0.4) is 0 Å². The Balaban J connectivity index is 1.64. The Morgan fingerprint density at radius 3 is 1.89 bits per heavy atom. The van der Waals surface area contributed by atoms with Crippen molar-refractivity contribution in [2.45, 2.75) is 18.2 Å². The summed E-state index contributed by atoms with van der Waals surface area (Å²) in [5, 5.41) is 0.360. The number of hydrogen-bond acceptors (Lipinski definition) is 7. The van der Waals surface area contributed by atoms with Crippen molar-refractivity contribution in [1.29, 1.82) is 0 Å². The normalized spacial score (nSPS) is 13.6. The standard InChI is InChI=1S/C34H27ClN2O7S/c1-3-11-24-20-23(22-30(43-4-2)31(24)44-45(41,42)28-18-16-25(35)17-19-28)21-29-32(38)36(26-12-7-5-8-13-26)34(40)37(33(29)39)27-14-9-6-10-15-27/h3,5-10,12-22H,1,4,11H2,2H3. The van der Waals surface area contributed by atoms with Gasteiger partial charge in [0.2, 0.25) is 0 Å². The highest BCUT2D eigenvalue weighted by molar-refractivity contribution is 7.87. The smallest absolute Gasteiger partial charge is 0.343 e. The van der Waals surface area contributed by atoms with Crippen LogP contribution in [-0.2, 0) is 26.1 Å². The molecule has 0 saturated carbocycles. The van der Waals surface area contributed by atoms with E-state index in [-0.39, 0.29) is 46.4 Å². The average molecular weight is 643 g/mol. The highest BCUT2D eigenvalue weighted by Crippen LogP contribution is 2.38. The van der Waals surface area contributed by atoms with Gasteiger partial charge in [-0.1, -0.05) is 54.1 Å². The predicted molar refractivity (Wildman–Crippen MR) is 172 cm³/mol. The molecule has 0 atom stereocenters. The number of amides is 4. The third-order valence-corrected chi connectivity index (χ3v) is 8.19. The largest absolute Gasteiger partial charge is 0.490 e. The number of halogens is 1. The topological polar surface area (TPSA) is 110 Å². The van der Waals surface area contributed by atoms with Crippen molar-refractivity contribution in [2.75, 3.05) is 16.4 Å². The molecule has 0 bridgehead atoms. The van der Waals surface area contributed by atoms with Crippen molar-refractivity contribution in [2.24, 2.45) is 0 Å². The van der Waals surface area contributed by atoms with Gasteiger partial charge in [-0.05, 0) is 85.6 Å². The van der Waals surface area contributed by atoms with Crippen LogP contribution in [-0.4, -0.2) is 32.9 Å². The molecule has 45 heavy (non-hydrogen) atoms. The Labute approximate surface area is 265 Å². The van der Waals surface area contributed by atoms with Crippen molar-refractivity contribution < 1.29 is 31.7 Å². The number of carbonyl (C=O) groups is 3. The number of para-hydroxylation sites is 2. The quantitative estimate of drug-likeness (QED) is 0.0808. The molecule has 5 rings (SSSR count). The molecule has 1 fully saturated rings. The molecule has 1 aliphatic rings. The lowest BCUT2D eigenvalue weighted by molar-refractivity contribution is -0.121. The summed E-state index contributed by atoms with van der Waals surface area (Å²) in [6.07, 6.45) is 3.05. The van der Waals surface area contributed by atoms with Gasteiger partial charge >= 0.3 is 16.1 Å². The molecule has 1 saturated heterocycles. The lowest BCUT2D eigenvalue weighted by Crippen LogP contribution is -2.57. The summed E-state index contributed by atoms with van der Waals surface area (Å²) in [6, 6.07) is 24.3. The van der Waals surface area contributed by atoms with Gasteiger partial charge in [-0.2, -0.15) is 8.42 Å². The maximum atomic E-state index is 13.8. The molecular weight excluding hydrogens is 616 g/mol. The number of urea groups is 1. The van der Waals surface area contributed by atoms with E-state index in [4.69, 9.17) is 20.5 Å². The molecule has 0 aromatic heterocycles. The van der Waals surface area contributed by atoms with Crippen LogP contribution in [0.4, 0.5) is 16.2 Å². The summed E-state index contributed by atoms with van der Waals surface area (Å²) < 4.78 is 37.8. The summed E-state index contributed by atoms with van der Waals surface area (Å²) in [5.74, 6) is -1.65. The molecule has 0 aliphatic carbocycles. The summed E-state index contributed by atoms with van der Waals surface area (Å²) >= 11 is 5.92. The first-order valence-corrected chi connectivity index (χ1v) is 15.6. The monoisotopic (exact) mass is 642 g/mol. The minimum absolute atomic E-state index is 0.0628. The van der Waals surface area contributed by atoms with E-state index in [2.05, 4.69) is 6.58 Å². The number of imide groups is 2. The number of benzene rings is 4. The van der Waals surface area contributed by atoms with Crippen molar-refractivity contribution >= 4 is 57.0 Å². The van der Waals surface area contributed by atoms with Crippen LogP contribution in [0.5, 0.6) is 11.5 Å². The van der Waals surface area contributed by atoms with Crippen molar-refractivity contribution in [1.82, 2.24) is 0 Å². The van der Waals surface area contributed by atoms with Gasteiger partial charge in [0.05, 0.1) is 18.0 Å². The summed E-state index contributed by atoms with van der Waals surface area (Å²) in [5.41, 5.74) is 0.970. The summed E-state index contributed by atoms with van der Waals surface area (Å²) in [7, 11) is -4.30. The fourth-order valence-corrected chi connectivity index (χ4v) is 5.80. The maximum Gasteiger partial charge on any atom is 0.343 e. The zero-order valence-electron chi connectivity index (χ0n) is 24.1. The highest BCUT2D eigenvalue weighted by atomic mass is 35.5. The van der Waals surface area contributed by atoms with E-state index < -0.39 is 28.0 Å². The van der Waals surface area contributed by atoms with Gasteiger partial charge in [0, 0.05) is 10.6 Å². The second-order valence-corrected chi connectivity index (χ2v) is 11.7. The van der Waals surface area contributed by atoms with Crippen LogP contribution >= 0.6 is 11.6 Å². The Morgan fingerprint density at radius 1 is 0.822 bits per heavy atom. The number of anilines is 2. The van der Waals surface area contributed by atoms with Crippen LogP contribution < -0.4 is 18.7 Å². The van der Waals surface area contributed by atoms with Gasteiger partial charge in [-0.25, -0.2) is 14.6 Å². The number of hydrogen-bond donors (Lipinski definition) is 0. The highest BCUT2D eigenvalue weighted by Gasteiger charge is 2.43. The number of allylic oxidation sites excluding steroid dienone is 1. The molecule has 0 N–H and O–H groups in total. The third kappa shape index (κ3) is 6.52. The Kier molecular flexibility index (Phi) is 9.17. The first-order chi connectivity index (χ1) is 21.6. The summed E-state index contributed by atoms with van der Waals surface area (Å²) in [6.45, 7) is 5.63. The van der Waals surface area contributed by atoms with E-state index in [9.17, 15) is 22.8 Å². The number of barbiturate groups is 1. The van der Waals surface area contributed by atoms with E-state index in [0.717, 1.165) is 9.80 Å². The van der Waals surface area contributed by atoms with Crippen LogP contribution in [0, 0.1) is 0 Å². The SMILES string of the molecule is C=CCc1cc(C=C2C(=O)N(c3ccccc3)C(=O)N(c3ccccc3)C2=O)cc(OCC)c1OS(=O)(=O)c1ccc(Cl)cc1. The molecule has 4 amide bonds. The number of carbonyl (C=O) groups excluding carboxylic acids is 3. The van der Waals surface area contributed by atoms with Crippen LogP contribution in [0.1, 0.15) is 18.1 Å². The Bertz CT molecular complexity index is 1850. The average Bonchev–Trinajstić information content (AvgIpc) is 3.02. The lowest BCUT2D eigenvalue weighted by atomic mass is 10.0. The van der Waals surface area contributed by atoms with Crippen LogP contribution in [0.15, 0.2) is 120 Å². The van der Waals surface area contributed by atoms with Crippen LogP contribution in [0.25, 0.3) is 6.08 Å². The summed E-state index contributed by atoms with van der Waals surface area (Å²) in [4.78, 5) is 43.0. The molecule has 1 aliphatic heterocycles. The maximum absolute atomic E-state index is 13.8. The van der Waals surface area contributed by atoms with Crippen molar-refractivity contribution in [3.63, 3.8) is 0 Å². The molecule has 228 valence electrons. The molecule has 4 aromatic carbocycles. The molecule has 0 spiro atoms. The molecule has 0 radical (unpaired) electrons. The third-order valence-electron chi connectivity index (χ3n) is 6.70. The van der Waals surface area contributed by atoms with Gasteiger partial charge in [0.25, 0.3) is 11.8 Å². The second kappa shape index (κ2) is 13.2. The van der Waals surface area contributed by atoms with Crippen molar-refractivity contribution in [3.8, 4) is 11.5 Å². The molecule has 1 heterocycles. The zero-order chi connectivity index (χ0) is 32.1. The van der Waals surface area contributed by atoms with E-state index in [1.165, 1.54) is 36.4 Å². The molecular formula is C34H27ClN2O7S. The van der Waals surface area contributed by atoms with E-state index in [1.807, 2.05) is 0 Å². The fourth-order valence-electron chi connectivity index (χ4n) is 4.70. The van der Waals surface area contributed by atoms with Gasteiger partial charge in [-0.3, -0.25) is 9.59 Å². The minimum atomic E-state index is -4.30. The first-order valence-electron chi connectivity index (χ1n) is 13.8. The number of nitrogens with zero attached hydrogens (tertiary/aromatic N) is 2. The van der Waals surface area contributed by atoms with Gasteiger partial charge in [0.15, 0.2) is 11.5 Å². The van der Waals surface area contributed by atoms with Gasteiger partial charge in [-0.15, -0.1) is 6.58 Å². The number of rotatable bonds is 10. The molecule has 0 unspecified atom stereocenters. The van der Waals surface area contributed by atoms with Gasteiger partial charge < -0.3 is 8.92 Å². The minimum Gasteiger partial charge on any atom is -0.490 e. The zero-order valence-corrected chi connectivity index (χ0v) is 25.6. The second-order valence-electron chi connectivity index (χ2n) is 9.72. The lowest BCUT2D eigenvalue weighted by Gasteiger charge is -2.34. The van der Waals surface area contributed by atoms with Crippen molar-refractivity contribution in [3.05, 3.63) is 131 Å². The van der Waals surface area contributed by atoms with E-state index >= 15 is 0 Å². The Hall–Kier alpha value is -5.19. The van der Waals surface area contributed by atoms with Crippen LogP contribution in [0.2, 0.25) is 5.02 Å². The number of ether oxygens (including phenoxy) is 1. The van der Waals surface area contributed by atoms with Gasteiger partial charge in [0.1, 0.15) is 10.5 Å². The fraction of sp³-hybridized carbons (Fsp3) is 0.0882. The van der Waals surface area contributed by atoms with E-state index in [0.29, 0.717) is 16.1 Å². The predicted octanol–water partition coefficient (Wildman–Crippen LogP) is 6.82.